The van der Waals surface area contributed by atoms with Gasteiger partial charge in [-0.3, -0.25) is 4.79 Å². The van der Waals surface area contributed by atoms with Crippen molar-refractivity contribution in [3.8, 4) is 5.69 Å². The Balaban J connectivity index is 1.82. The van der Waals surface area contributed by atoms with Crippen LogP contribution in [0.2, 0.25) is 0 Å². The van der Waals surface area contributed by atoms with Crippen molar-refractivity contribution in [1.82, 2.24) is 9.55 Å². The number of carbonyl (C=O) groups excluding carboxylic acids is 1. The summed E-state index contributed by atoms with van der Waals surface area (Å²) in [7, 11) is 0. The number of aromatic nitrogens is 2. The van der Waals surface area contributed by atoms with Crippen molar-refractivity contribution in [2.75, 3.05) is 5.32 Å². The molecule has 4 nitrogen and oxygen atoms in total. The average Bonchev–Trinajstić information content (AvgIpc) is 3.05. The van der Waals surface area contributed by atoms with E-state index in [9.17, 15) is 18.0 Å². The lowest BCUT2D eigenvalue weighted by Crippen LogP contribution is -2.12. The van der Waals surface area contributed by atoms with Gasteiger partial charge in [0.25, 0.3) is 5.91 Å². The zero-order valence-electron chi connectivity index (χ0n) is 12.3. The number of benzene rings is 2. The van der Waals surface area contributed by atoms with E-state index >= 15 is 0 Å². The molecule has 3 aromatic rings. The third-order valence-corrected chi connectivity index (χ3v) is 3.32. The molecule has 0 aliphatic heterocycles. The molecule has 3 rings (SSSR count). The Kier molecular flexibility index (Phi) is 4.07. The highest BCUT2D eigenvalue weighted by atomic mass is 19.4. The van der Waals surface area contributed by atoms with Crippen LogP contribution < -0.4 is 5.32 Å². The molecule has 1 amide bonds. The standard InChI is InChI=1S/C17H12F3N3O/c18-17(19,20)12-5-4-8-14(9-12)23-10-15(21-11-23)16(24)22-13-6-2-1-3-7-13/h1-11H,(H,22,24). The summed E-state index contributed by atoms with van der Waals surface area (Å²) >= 11 is 0. The molecule has 0 aliphatic carbocycles. The van der Waals surface area contributed by atoms with Gasteiger partial charge in [0.2, 0.25) is 0 Å². The molecule has 0 saturated heterocycles. The Bertz CT molecular complexity index is 857. The molecule has 0 radical (unpaired) electrons. The number of carbonyl (C=O) groups is 1. The number of amides is 1. The van der Waals surface area contributed by atoms with Crippen LogP contribution in [0.3, 0.4) is 0 Å². The van der Waals surface area contributed by atoms with Crippen molar-refractivity contribution in [3.05, 3.63) is 78.4 Å². The first-order valence-corrected chi connectivity index (χ1v) is 7.01. The van der Waals surface area contributed by atoms with Gasteiger partial charge in [0, 0.05) is 17.6 Å². The number of alkyl halides is 3. The number of rotatable bonds is 3. The molecule has 1 aromatic heterocycles. The molecular weight excluding hydrogens is 319 g/mol. The maximum atomic E-state index is 12.8. The van der Waals surface area contributed by atoms with Gasteiger partial charge in [-0.1, -0.05) is 24.3 Å². The fourth-order valence-corrected chi connectivity index (χ4v) is 2.14. The summed E-state index contributed by atoms with van der Waals surface area (Å²) in [6.45, 7) is 0. The lowest BCUT2D eigenvalue weighted by Gasteiger charge is -2.08. The van der Waals surface area contributed by atoms with Crippen molar-refractivity contribution in [1.29, 1.82) is 0 Å². The SMILES string of the molecule is O=C(Nc1ccccc1)c1cn(-c2cccc(C(F)(F)F)c2)cn1. The Labute approximate surface area is 135 Å². The summed E-state index contributed by atoms with van der Waals surface area (Å²) in [5, 5.41) is 2.66. The number of nitrogens with zero attached hydrogens (tertiary/aromatic N) is 2. The maximum absolute atomic E-state index is 12.8. The van der Waals surface area contributed by atoms with E-state index in [2.05, 4.69) is 10.3 Å². The van der Waals surface area contributed by atoms with Gasteiger partial charge in [-0.2, -0.15) is 13.2 Å². The van der Waals surface area contributed by atoms with E-state index in [-0.39, 0.29) is 11.4 Å². The zero-order chi connectivity index (χ0) is 17.2. The second-order valence-corrected chi connectivity index (χ2v) is 5.03. The lowest BCUT2D eigenvalue weighted by atomic mass is 10.2. The summed E-state index contributed by atoms with van der Waals surface area (Å²) < 4.78 is 39.7. The lowest BCUT2D eigenvalue weighted by molar-refractivity contribution is -0.137. The maximum Gasteiger partial charge on any atom is 0.416 e. The van der Waals surface area contributed by atoms with E-state index in [1.807, 2.05) is 6.07 Å². The number of halogens is 3. The fraction of sp³-hybridized carbons (Fsp3) is 0.0588. The van der Waals surface area contributed by atoms with E-state index in [0.29, 0.717) is 5.69 Å². The monoisotopic (exact) mass is 331 g/mol. The van der Waals surface area contributed by atoms with Gasteiger partial charge in [-0.05, 0) is 30.3 Å². The van der Waals surface area contributed by atoms with Gasteiger partial charge < -0.3 is 9.88 Å². The van der Waals surface area contributed by atoms with Crippen molar-refractivity contribution in [3.63, 3.8) is 0 Å². The Morgan fingerprint density at radius 2 is 1.79 bits per heavy atom. The highest BCUT2D eigenvalue weighted by Gasteiger charge is 2.30. The summed E-state index contributed by atoms with van der Waals surface area (Å²) in [6.07, 6.45) is -1.74. The minimum Gasteiger partial charge on any atom is -0.321 e. The summed E-state index contributed by atoms with van der Waals surface area (Å²) in [5.74, 6) is -0.438. The number of nitrogens with one attached hydrogen (secondary N) is 1. The largest absolute Gasteiger partial charge is 0.416 e. The van der Waals surface area contributed by atoms with Crippen LogP contribution in [-0.2, 0) is 6.18 Å². The molecule has 7 heteroatoms. The number of anilines is 1. The van der Waals surface area contributed by atoms with Gasteiger partial charge in [0.15, 0.2) is 0 Å². The van der Waals surface area contributed by atoms with Gasteiger partial charge in [0.1, 0.15) is 12.0 Å². The number of imidazole rings is 1. The number of para-hydroxylation sites is 1. The van der Waals surface area contributed by atoms with E-state index in [4.69, 9.17) is 0 Å². The highest BCUT2D eigenvalue weighted by Crippen LogP contribution is 2.30. The third-order valence-electron chi connectivity index (χ3n) is 3.32. The Morgan fingerprint density at radius 3 is 2.50 bits per heavy atom. The first-order chi connectivity index (χ1) is 11.4. The van der Waals surface area contributed by atoms with E-state index < -0.39 is 17.6 Å². The van der Waals surface area contributed by atoms with Crippen molar-refractivity contribution >= 4 is 11.6 Å². The average molecular weight is 331 g/mol. The van der Waals surface area contributed by atoms with E-state index in [1.165, 1.54) is 29.2 Å². The zero-order valence-corrected chi connectivity index (χ0v) is 12.3. The van der Waals surface area contributed by atoms with Crippen molar-refractivity contribution in [2.45, 2.75) is 6.18 Å². The molecule has 2 aromatic carbocycles. The topological polar surface area (TPSA) is 46.9 Å². The van der Waals surface area contributed by atoms with Gasteiger partial charge in [0.05, 0.1) is 5.56 Å². The van der Waals surface area contributed by atoms with Gasteiger partial charge in [-0.25, -0.2) is 4.98 Å². The van der Waals surface area contributed by atoms with Crippen LogP contribution in [0, 0.1) is 0 Å². The second-order valence-electron chi connectivity index (χ2n) is 5.03. The summed E-state index contributed by atoms with van der Waals surface area (Å²) in [4.78, 5) is 16.1. The smallest absolute Gasteiger partial charge is 0.321 e. The highest BCUT2D eigenvalue weighted by molar-refractivity contribution is 6.02. The summed E-state index contributed by atoms with van der Waals surface area (Å²) in [6, 6.07) is 13.6. The molecule has 0 spiro atoms. The minimum absolute atomic E-state index is 0.108. The molecule has 0 saturated carbocycles. The Morgan fingerprint density at radius 1 is 1.04 bits per heavy atom. The first-order valence-electron chi connectivity index (χ1n) is 7.01. The van der Waals surface area contributed by atoms with Crippen LogP contribution >= 0.6 is 0 Å². The van der Waals surface area contributed by atoms with Gasteiger partial charge >= 0.3 is 6.18 Å². The molecule has 0 atom stereocenters. The molecule has 122 valence electrons. The van der Waals surface area contributed by atoms with Crippen LogP contribution in [0.15, 0.2) is 67.1 Å². The normalized spacial score (nSPS) is 11.3. The number of hydrogen-bond donors (Lipinski definition) is 1. The molecule has 0 bridgehead atoms. The van der Waals surface area contributed by atoms with Gasteiger partial charge in [-0.15, -0.1) is 0 Å². The van der Waals surface area contributed by atoms with Crippen LogP contribution in [-0.4, -0.2) is 15.5 Å². The van der Waals surface area contributed by atoms with Crippen molar-refractivity contribution in [2.24, 2.45) is 0 Å². The third kappa shape index (κ3) is 3.45. The van der Waals surface area contributed by atoms with E-state index in [0.717, 1.165) is 12.1 Å². The first kappa shape index (κ1) is 15.8. The molecule has 0 fully saturated rings. The minimum atomic E-state index is -4.43. The molecule has 1 heterocycles. The molecular formula is C17H12F3N3O. The quantitative estimate of drug-likeness (QED) is 0.784. The van der Waals surface area contributed by atoms with Crippen LogP contribution in [0.5, 0.6) is 0 Å². The Hall–Kier alpha value is -3.09. The molecule has 0 aliphatic rings. The van der Waals surface area contributed by atoms with Crippen LogP contribution in [0.1, 0.15) is 16.1 Å². The number of hydrogen-bond acceptors (Lipinski definition) is 2. The fourth-order valence-electron chi connectivity index (χ4n) is 2.14. The second kappa shape index (κ2) is 6.19. The van der Waals surface area contributed by atoms with Crippen molar-refractivity contribution < 1.29 is 18.0 Å². The predicted octanol–water partition coefficient (Wildman–Crippen LogP) is 4.14. The molecule has 24 heavy (non-hydrogen) atoms. The molecule has 1 N–H and O–H groups in total. The summed E-state index contributed by atoms with van der Waals surface area (Å²) in [5.41, 5.74) is 0.229. The molecule has 0 unspecified atom stereocenters. The predicted molar refractivity (Wildman–Crippen MR) is 83.0 cm³/mol. The van der Waals surface area contributed by atoms with Crippen LogP contribution in [0.25, 0.3) is 5.69 Å². The van der Waals surface area contributed by atoms with Crippen LogP contribution in [0.4, 0.5) is 18.9 Å². The van der Waals surface area contributed by atoms with E-state index in [1.54, 1.807) is 24.3 Å².